The number of allylic oxidation sites excluding steroid dienone is 1. The minimum atomic E-state index is -0.435. The summed E-state index contributed by atoms with van der Waals surface area (Å²) in [5, 5.41) is 7.37. The second-order valence-electron chi connectivity index (χ2n) is 7.24. The van der Waals surface area contributed by atoms with Crippen LogP contribution < -0.4 is 14.5 Å². The van der Waals surface area contributed by atoms with Gasteiger partial charge >= 0.3 is 5.97 Å². The smallest absolute Gasteiger partial charge is 0.365 e. The summed E-state index contributed by atoms with van der Waals surface area (Å²) in [5.74, 6) is 0.914. The Hall–Kier alpha value is -3.26. The van der Waals surface area contributed by atoms with Gasteiger partial charge in [-0.05, 0) is 67.9 Å². The second kappa shape index (κ2) is 9.48. The minimum Gasteiger partial charge on any atom is -0.493 e. The molecule has 0 N–H and O–H groups in total. The van der Waals surface area contributed by atoms with E-state index in [-0.39, 0.29) is 0 Å². The summed E-state index contributed by atoms with van der Waals surface area (Å²) < 4.78 is 16.1. The van der Waals surface area contributed by atoms with Gasteiger partial charge in [0.25, 0.3) is 0 Å². The highest BCUT2D eigenvalue weighted by atomic mass is 32.2. The van der Waals surface area contributed by atoms with E-state index in [0.29, 0.717) is 29.7 Å². The highest BCUT2D eigenvalue weighted by Crippen LogP contribution is 2.37. The van der Waals surface area contributed by atoms with E-state index in [9.17, 15) is 4.79 Å². The van der Waals surface area contributed by atoms with Crippen molar-refractivity contribution in [1.29, 1.82) is 0 Å². The van der Waals surface area contributed by atoms with Gasteiger partial charge in [0.1, 0.15) is 5.03 Å². The van der Waals surface area contributed by atoms with Crippen molar-refractivity contribution in [2.45, 2.75) is 20.3 Å². The summed E-state index contributed by atoms with van der Waals surface area (Å²) in [6.07, 6.45) is 2.78. The van der Waals surface area contributed by atoms with E-state index in [1.54, 1.807) is 26.2 Å². The molecular formula is C24H25N3O4S. The van der Waals surface area contributed by atoms with Crippen LogP contribution in [0.3, 0.4) is 0 Å². The predicted molar refractivity (Wildman–Crippen MR) is 128 cm³/mol. The van der Waals surface area contributed by atoms with E-state index >= 15 is 0 Å². The van der Waals surface area contributed by atoms with Gasteiger partial charge in [-0.25, -0.2) is 9.80 Å². The van der Waals surface area contributed by atoms with Crippen LogP contribution in [-0.2, 0) is 16.0 Å². The van der Waals surface area contributed by atoms with Crippen LogP contribution >= 0.6 is 11.8 Å². The lowest BCUT2D eigenvalue weighted by Gasteiger charge is -2.20. The summed E-state index contributed by atoms with van der Waals surface area (Å²) in [6, 6.07) is 11.9. The number of benzene rings is 2. The van der Waals surface area contributed by atoms with Crippen molar-refractivity contribution >= 4 is 34.2 Å². The number of aliphatic imine (C=N–C) groups is 1. The van der Waals surface area contributed by atoms with Crippen LogP contribution in [0.5, 0.6) is 11.5 Å². The lowest BCUT2D eigenvalue weighted by Crippen LogP contribution is -2.15. The van der Waals surface area contributed by atoms with Crippen LogP contribution in [0.2, 0.25) is 0 Å². The fourth-order valence-electron chi connectivity index (χ4n) is 3.53. The van der Waals surface area contributed by atoms with Gasteiger partial charge in [-0.15, -0.1) is 0 Å². The normalized spacial score (nSPS) is 16.4. The van der Waals surface area contributed by atoms with Gasteiger partial charge in [-0.2, -0.15) is 5.10 Å². The summed E-state index contributed by atoms with van der Waals surface area (Å²) in [6.45, 7) is 4.77. The first kappa shape index (κ1) is 22.0. The summed E-state index contributed by atoms with van der Waals surface area (Å²) in [7, 11) is 3.25. The zero-order valence-electron chi connectivity index (χ0n) is 18.5. The topological polar surface area (TPSA) is 72.7 Å². The van der Waals surface area contributed by atoms with Gasteiger partial charge in [0.2, 0.25) is 5.04 Å². The molecular weight excluding hydrogens is 426 g/mol. The fraction of sp³-hybridized carbons (Fsp3) is 0.292. The molecule has 2 aliphatic rings. The fourth-order valence-corrected chi connectivity index (χ4v) is 4.39. The van der Waals surface area contributed by atoms with Crippen LogP contribution in [0.15, 0.2) is 57.6 Å². The maximum atomic E-state index is 12.4. The summed E-state index contributed by atoms with van der Waals surface area (Å²) >= 11 is 1.28. The first-order chi connectivity index (χ1) is 15.5. The number of ether oxygens (including phenoxy) is 3. The maximum absolute atomic E-state index is 12.4. The van der Waals surface area contributed by atoms with Crippen LogP contribution in [0.25, 0.3) is 0 Å². The lowest BCUT2D eigenvalue weighted by atomic mass is 9.96. The molecule has 7 nitrogen and oxygen atoms in total. The molecule has 4 rings (SSSR count). The largest absolute Gasteiger partial charge is 0.493 e. The third-order valence-corrected chi connectivity index (χ3v) is 6.08. The van der Waals surface area contributed by atoms with Gasteiger partial charge in [0.15, 0.2) is 11.5 Å². The van der Waals surface area contributed by atoms with E-state index < -0.39 is 5.97 Å². The van der Waals surface area contributed by atoms with Crippen molar-refractivity contribution in [3.63, 3.8) is 0 Å². The molecule has 32 heavy (non-hydrogen) atoms. The highest BCUT2D eigenvalue weighted by molar-refractivity contribution is 8.19. The van der Waals surface area contributed by atoms with Crippen molar-refractivity contribution in [1.82, 2.24) is 0 Å². The number of carbonyl (C=O) groups excluding carboxylic acids is 1. The Morgan fingerprint density at radius 2 is 1.88 bits per heavy atom. The molecule has 2 aromatic carbocycles. The predicted octanol–water partition coefficient (Wildman–Crippen LogP) is 4.33. The summed E-state index contributed by atoms with van der Waals surface area (Å²) in [4.78, 5) is 17.1. The van der Waals surface area contributed by atoms with Gasteiger partial charge in [-0.1, -0.05) is 17.7 Å². The molecule has 0 atom stereocenters. The molecule has 8 heteroatoms. The number of thioether (sulfide) groups is 1. The molecule has 0 aliphatic carbocycles. The molecule has 0 aromatic heterocycles. The van der Waals surface area contributed by atoms with Crippen molar-refractivity contribution in [2.75, 3.05) is 32.4 Å². The Bertz CT molecular complexity index is 1120. The molecule has 2 aliphatic heterocycles. The molecule has 0 saturated heterocycles. The van der Waals surface area contributed by atoms with Crippen LogP contribution in [0.1, 0.15) is 23.6 Å². The van der Waals surface area contributed by atoms with Gasteiger partial charge in [0, 0.05) is 12.1 Å². The lowest BCUT2D eigenvalue weighted by molar-refractivity contribution is -0.134. The molecule has 0 unspecified atom stereocenters. The SMILES string of the molecule is CCOC(=O)C1=NN(c2ccc(C)cc2)/C(=C/C2=NCCc3cc(OC)c(OC)cc32)S1. The number of hydrogen-bond donors (Lipinski definition) is 0. The average molecular weight is 452 g/mol. The summed E-state index contributed by atoms with van der Waals surface area (Å²) in [5.41, 5.74) is 4.94. The van der Waals surface area contributed by atoms with E-state index in [2.05, 4.69) is 5.10 Å². The zero-order chi connectivity index (χ0) is 22.7. The van der Waals surface area contributed by atoms with Crippen LogP contribution in [-0.4, -0.2) is 44.1 Å². The van der Waals surface area contributed by atoms with Crippen molar-refractivity contribution in [3.05, 3.63) is 64.2 Å². The van der Waals surface area contributed by atoms with Crippen LogP contribution in [0, 0.1) is 6.92 Å². The Kier molecular flexibility index (Phi) is 6.50. The molecule has 0 spiro atoms. The van der Waals surface area contributed by atoms with E-state index in [0.717, 1.165) is 39.5 Å². The van der Waals surface area contributed by atoms with Crippen molar-refractivity contribution in [3.8, 4) is 11.5 Å². The quantitative estimate of drug-likeness (QED) is 0.609. The number of anilines is 1. The number of hydrogen-bond acceptors (Lipinski definition) is 8. The maximum Gasteiger partial charge on any atom is 0.365 e. The monoisotopic (exact) mass is 451 g/mol. The number of methoxy groups -OCH3 is 2. The Balaban J connectivity index is 1.74. The van der Waals surface area contributed by atoms with Gasteiger partial charge in [-0.3, -0.25) is 4.99 Å². The Morgan fingerprint density at radius 1 is 1.16 bits per heavy atom. The number of rotatable bonds is 6. The number of hydrazone groups is 1. The average Bonchev–Trinajstić information content (AvgIpc) is 3.23. The number of nitrogens with zero attached hydrogens (tertiary/aromatic N) is 3. The zero-order valence-corrected chi connectivity index (χ0v) is 19.4. The van der Waals surface area contributed by atoms with Crippen LogP contribution in [0.4, 0.5) is 5.69 Å². The first-order valence-electron chi connectivity index (χ1n) is 10.4. The van der Waals surface area contributed by atoms with Crippen molar-refractivity contribution < 1.29 is 19.0 Å². The highest BCUT2D eigenvalue weighted by Gasteiger charge is 2.30. The van der Waals surface area contributed by atoms with Gasteiger partial charge < -0.3 is 14.2 Å². The number of aryl methyl sites for hydroxylation is 1. The standard InChI is InChI=1S/C24H25N3O4S/c1-5-31-24(28)23-26-27(17-8-6-15(2)7-9-17)22(32-23)14-19-18-13-21(30-4)20(29-3)12-16(18)10-11-25-19/h6-9,12-14H,5,10-11H2,1-4H3/b22-14-. The van der Waals surface area contributed by atoms with E-state index in [1.807, 2.05) is 49.4 Å². The number of fused-ring (bicyclic) bond motifs is 1. The molecule has 0 saturated carbocycles. The Labute approximate surface area is 191 Å². The molecule has 0 bridgehead atoms. The first-order valence-corrected chi connectivity index (χ1v) is 11.2. The molecule has 166 valence electrons. The second-order valence-corrected chi connectivity index (χ2v) is 8.25. The molecule has 0 fully saturated rings. The molecule has 2 heterocycles. The van der Waals surface area contributed by atoms with Crippen molar-refractivity contribution in [2.24, 2.45) is 10.1 Å². The Morgan fingerprint density at radius 3 is 2.56 bits per heavy atom. The van der Waals surface area contributed by atoms with E-state index in [1.165, 1.54) is 11.8 Å². The number of esters is 1. The number of carbonyl (C=O) groups is 1. The third kappa shape index (κ3) is 4.36. The molecule has 0 amide bonds. The molecule has 0 radical (unpaired) electrons. The van der Waals surface area contributed by atoms with Gasteiger partial charge in [0.05, 0.1) is 32.2 Å². The molecule has 2 aromatic rings. The minimum absolute atomic E-state index is 0.294. The third-order valence-electron chi connectivity index (χ3n) is 5.14. The van der Waals surface area contributed by atoms with E-state index in [4.69, 9.17) is 19.2 Å².